The van der Waals surface area contributed by atoms with E-state index in [0.29, 0.717) is 11.8 Å². The lowest BCUT2D eigenvalue weighted by atomic mass is 9.92. The third-order valence-electron chi connectivity index (χ3n) is 4.77. The van der Waals surface area contributed by atoms with Crippen molar-refractivity contribution in [3.05, 3.63) is 29.3 Å². The first-order valence-electron chi connectivity index (χ1n) is 8.13. The van der Waals surface area contributed by atoms with Crippen LogP contribution in [0.2, 0.25) is 0 Å². The fourth-order valence-electron chi connectivity index (χ4n) is 3.45. The highest BCUT2D eigenvalue weighted by atomic mass is 16.3. The molecule has 2 atom stereocenters. The van der Waals surface area contributed by atoms with E-state index in [1.807, 2.05) is 6.07 Å². The quantitative estimate of drug-likeness (QED) is 0.780. The summed E-state index contributed by atoms with van der Waals surface area (Å²) in [6, 6.07) is 6.57. The summed E-state index contributed by atoms with van der Waals surface area (Å²) >= 11 is 0. The second kappa shape index (κ2) is 7.12. The van der Waals surface area contributed by atoms with E-state index in [9.17, 15) is 5.11 Å². The van der Waals surface area contributed by atoms with Crippen LogP contribution in [-0.4, -0.2) is 11.1 Å². The highest BCUT2D eigenvalue weighted by Crippen LogP contribution is 2.29. The van der Waals surface area contributed by atoms with Gasteiger partial charge < -0.3 is 10.4 Å². The van der Waals surface area contributed by atoms with E-state index in [0.717, 1.165) is 11.5 Å². The van der Waals surface area contributed by atoms with Crippen molar-refractivity contribution >= 4 is 0 Å². The van der Waals surface area contributed by atoms with Crippen LogP contribution in [0.5, 0.6) is 5.75 Å². The lowest BCUT2D eigenvalue weighted by molar-refractivity contribution is 0.313. The number of nitrogens with one attached hydrogen (secondary N) is 1. The lowest BCUT2D eigenvalue weighted by Crippen LogP contribution is -2.35. The number of rotatable bonds is 4. The van der Waals surface area contributed by atoms with Gasteiger partial charge in [-0.05, 0) is 45.6 Å². The van der Waals surface area contributed by atoms with E-state index in [4.69, 9.17) is 0 Å². The molecule has 1 aliphatic rings. The Morgan fingerprint density at radius 2 is 1.75 bits per heavy atom. The third-order valence-corrected chi connectivity index (χ3v) is 4.77. The molecule has 2 nitrogen and oxygen atoms in total. The Balaban J connectivity index is 1.99. The van der Waals surface area contributed by atoms with Gasteiger partial charge in [-0.15, -0.1) is 0 Å². The molecule has 0 bridgehead atoms. The predicted molar refractivity (Wildman–Crippen MR) is 85.0 cm³/mol. The molecule has 0 spiro atoms. The van der Waals surface area contributed by atoms with Gasteiger partial charge in [0.05, 0.1) is 0 Å². The van der Waals surface area contributed by atoms with Crippen molar-refractivity contribution in [3.63, 3.8) is 0 Å². The normalized spacial score (nSPS) is 20.4. The van der Waals surface area contributed by atoms with Crippen LogP contribution in [0.4, 0.5) is 0 Å². The molecule has 0 saturated heterocycles. The number of benzene rings is 1. The minimum atomic E-state index is 0.202. The summed E-state index contributed by atoms with van der Waals surface area (Å²) in [7, 11) is 0. The third kappa shape index (κ3) is 3.99. The van der Waals surface area contributed by atoms with Crippen LogP contribution in [0.3, 0.4) is 0 Å². The molecule has 0 heterocycles. The predicted octanol–water partition coefficient (Wildman–Crippen LogP) is 4.71. The maximum Gasteiger partial charge on any atom is 0.120 e. The summed E-state index contributed by atoms with van der Waals surface area (Å²) in [5, 5.41) is 13.7. The molecule has 1 aromatic carbocycles. The van der Waals surface area contributed by atoms with Gasteiger partial charge in [0.25, 0.3) is 0 Å². The van der Waals surface area contributed by atoms with Crippen LogP contribution in [0.25, 0.3) is 0 Å². The van der Waals surface area contributed by atoms with E-state index in [1.165, 1.54) is 44.1 Å². The van der Waals surface area contributed by atoms with Gasteiger partial charge in [0.15, 0.2) is 0 Å². The number of aromatic hydroxyl groups is 1. The molecule has 1 aromatic rings. The topological polar surface area (TPSA) is 32.3 Å². The smallest absolute Gasteiger partial charge is 0.120 e. The lowest BCUT2D eigenvalue weighted by Gasteiger charge is -2.27. The largest absolute Gasteiger partial charge is 0.508 e. The van der Waals surface area contributed by atoms with Gasteiger partial charge in [-0.2, -0.15) is 0 Å². The molecule has 1 fully saturated rings. The van der Waals surface area contributed by atoms with E-state index >= 15 is 0 Å². The summed E-state index contributed by atoms with van der Waals surface area (Å²) in [4.78, 5) is 0. The van der Waals surface area contributed by atoms with Crippen molar-refractivity contribution in [1.29, 1.82) is 0 Å². The molecule has 2 rings (SSSR count). The second-order valence-electron chi connectivity index (χ2n) is 6.49. The number of phenolic OH excluding ortho intramolecular Hbond substituents is 1. The molecular weight excluding hydrogens is 246 g/mol. The average molecular weight is 275 g/mol. The zero-order chi connectivity index (χ0) is 14.5. The monoisotopic (exact) mass is 275 g/mol. The summed E-state index contributed by atoms with van der Waals surface area (Å²) in [5.41, 5.74) is 2.22. The van der Waals surface area contributed by atoms with Gasteiger partial charge >= 0.3 is 0 Å². The van der Waals surface area contributed by atoms with Crippen LogP contribution >= 0.6 is 0 Å². The summed E-state index contributed by atoms with van der Waals surface area (Å²) < 4.78 is 0. The van der Waals surface area contributed by atoms with Gasteiger partial charge in [-0.1, -0.05) is 43.4 Å². The maximum absolute atomic E-state index is 10.0. The Kier molecular flexibility index (Phi) is 5.47. The molecule has 1 saturated carbocycles. The van der Waals surface area contributed by atoms with Crippen LogP contribution in [0.15, 0.2) is 18.2 Å². The fraction of sp³-hybridized carbons (Fsp3) is 0.667. The summed E-state index contributed by atoms with van der Waals surface area (Å²) in [6.07, 6.45) is 8.25. The molecule has 0 aliphatic heterocycles. The molecule has 0 radical (unpaired) electrons. The van der Waals surface area contributed by atoms with Gasteiger partial charge in [0, 0.05) is 17.6 Å². The van der Waals surface area contributed by atoms with Gasteiger partial charge in [-0.25, -0.2) is 0 Å². The number of hydrogen-bond acceptors (Lipinski definition) is 2. The summed E-state index contributed by atoms with van der Waals surface area (Å²) in [5.74, 6) is 1.19. The van der Waals surface area contributed by atoms with E-state index < -0.39 is 0 Å². The highest BCUT2D eigenvalue weighted by molar-refractivity contribution is 5.37. The minimum absolute atomic E-state index is 0.202. The van der Waals surface area contributed by atoms with Crippen molar-refractivity contribution in [2.75, 3.05) is 0 Å². The first-order valence-corrected chi connectivity index (χ1v) is 8.13. The number of hydrogen-bond donors (Lipinski definition) is 2. The Morgan fingerprint density at radius 3 is 2.40 bits per heavy atom. The Labute approximate surface area is 123 Å². The molecule has 112 valence electrons. The van der Waals surface area contributed by atoms with Crippen LogP contribution in [-0.2, 0) is 0 Å². The number of phenols is 1. The van der Waals surface area contributed by atoms with Gasteiger partial charge in [-0.3, -0.25) is 0 Å². The molecule has 0 amide bonds. The van der Waals surface area contributed by atoms with Crippen LogP contribution in [0.1, 0.15) is 69.5 Å². The summed E-state index contributed by atoms with van der Waals surface area (Å²) in [6.45, 7) is 6.53. The molecule has 2 N–H and O–H groups in total. The average Bonchev–Trinajstić information content (AvgIpc) is 2.70. The van der Waals surface area contributed by atoms with Crippen molar-refractivity contribution in [1.82, 2.24) is 5.32 Å². The van der Waals surface area contributed by atoms with Crippen LogP contribution in [0, 0.1) is 12.8 Å². The Hall–Kier alpha value is -1.02. The molecule has 0 aromatic heterocycles. The van der Waals surface area contributed by atoms with E-state index in [2.05, 4.69) is 32.2 Å². The molecule has 1 unspecified atom stereocenters. The van der Waals surface area contributed by atoms with Gasteiger partial charge in [0.1, 0.15) is 5.75 Å². The van der Waals surface area contributed by atoms with Gasteiger partial charge in [0.2, 0.25) is 0 Å². The zero-order valence-corrected chi connectivity index (χ0v) is 13.2. The SMILES string of the molecule is Cc1ccc(O)c(C(C)N[C@H](C)C2CCCCCC2)c1. The highest BCUT2D eigenvalue weighted by Gasteiger charge is 2.21. The first-order chi connectivity index (χ1) is 9.58. The number of aryl methyl sites for hydroxylation is 1. The van der Waals surface area contributed by atoms with Crippen molar-refractivity contribution in [3.8, 4) is 5.75 Å². The zero-order valence-electron chi connectivity index (χ0n) is 13.2. The minimum Gasteiger partial charge on any atom is -0.508 e. The Bertz CT molecular complexity index is 421. The molecule has 2 heteroatoms. The second-order valence-corrected chi connectivity index (χ2v) is 6.49. The fourth-order valence-corrected chi connectivity index (χ4v) is 3.45. The molecule has 20 heavy (non-hydrogen) atoms. The standard InChI is InChI=1S/C18H29NO/c1-13-10-11-18(20)17(12-13)15(3)19-14(2)16-8-6-4-5-7-9-16/h10-12,14-16,19-20H,4-9H2,1-3H3/t14-,15?/m1/s1. The van der Waals surface area contributed by atoms with E-state index in [1.54, 1.807) is 6.07 Å². The van der Waals surface area contributed by atoms with Crippen LogP contribution < -0.4 is 5.32 Å². The van der Waals surface area contributed by atoms with Crippen molar-refractivity contribution < 1.29 is 5.11 Å². The van der Waals surface area contributed by atoms with E-state index in [-0.39, 0.29) is 6.04 Å². The van der Waals surface area contributed by atoms with Crippen molar-refractivity contribution in [2.45, 2.75) is 71.4 Å². The first kappa shape index (κ1) is 15.4. The maximum atomic E-state index is 10.0. The Morgan fingerprint density at radius 1 is 1.10 bits per heavy atom. The molecular formula is C18H29NO. The molecule has 1 aliphatic carbocycles. The van der Waals surface area contributed by atoms with Crippen molar-refractivity contribution in [2.24, 2.45) is 5.92 Å².